The molecule has 0 bridgehead atoms. The van der Waals surface area contributed by atoms with Gasteiger partial charge in [-0.05, 0) is 99.6 Å². The number of phenolic OH excluding ortho intramolecular Hbond substituents is 1. The molecule has 2 heterocycles. The maximum atomic E-state index is 15.2. The Labute approximate surface area is 241 Å². The summed E-state index contributed by atoms with van der Waals surface area (Å²) in [5.41, 5.74) is 5.18. The van der Waals surface area contributed by atoms with Gasteiger partial charge in [0.25, 0.3) is 0 Å². The summed E-state index contributed by atoms with van der Waals surface area (Å²) >= 11 is 0. The number of nitrogens with zero attached hydrogens (tertiary/aromatic N) is 4. The van der Waals surface area contributed by atoms with E-state index in [2.05, 4.69) is 4.90 Å². The Hall–Kier alpha value is -3.78. The van der Waals surface area contributed by atoms with Crippen LogP contribution in [0.4, 0.5) is 10.2 Å². The van der Waals surface area contributed by atoms with Crippen LogP contribution in [-0.4, -0.2) is 57.7 Å². The van der Waals surface area contributed by atoms with E-state index < -0.39 is 5.60 Å². The van der Waals surface area contributed by atoms with Gasteiger partial charge in [0.15, 0.2) is 0 Å². The number of β-amino-alcohol motifs (C(OH)–C–C–N with tert-alkyl or cyclic N) is 1. The summed E-state index contributed by atoms with van der Waals surface area (Å²) < 4.78 is 20.8. The van der Waals surface area contributed by atoms with Gasteiger partial charge in [0.2, 0.25) is 0 Å². The molecule has 0 radical (unpaired) electrons. The third kappa shape index (κ3) is 5.10. The number of piperidine rings is 1. The first-order chi connectivity index (χ1) is 19.5. The van der Waals surface area contributed by atoms with E-state index in [1.54, 1.807) is 25.3 Å². The molecule has 2 aromatic carbocycles. The number of hydrogen-bond acceptors (Lipinski definition) is 7. The quantitative estimate of drug-likeness (QED) is 0.367. The predicted octanol–water partition coefficient (Wildman–Crippen LogP) is 6.59. The number of aliphatic hydroxyl groups is 1. The maximum Gasteiger partial charge on any atom is 0.318 e. The summed E-state index contributed by atoms with van der Waals surface area (Å²) in [6.45, 7) is 12.9. The summed E-state index contributed by atoms with van der Waals surface area (Å²) in [6, 6.07) is 6.72. The number of ether oxygens (including phenoxy) is 1. The number of aliphatic imine (C=N–C) groups is 1. The molecule has 1 aromatic heterocycles. The zero-order valence-electron chi connectivity index (χ0n) is 25.0. The van der Waals surface area contributed by atoms with Crippen LogP contribution in [0.2, 0.25) is 0 Å². The van der Waals surface area contributed by atoms with E-state index >= 15 is 4.39 Å². The molecule has 3 aromatic rings. The van der Waals surface area contributed by atoms with Crippen LogP contribution in [0.15, 0.2) is 35.3 Å². The fourth-order valence-corrected chi connectivity index (χ4v) is 6.26. The molecule has 0 saturated carbocycles. The highest BCUT2D eigenvalue weighted by molar-refractivity contribution is 6.51. The minimum atomic E-state index is -0.847. The van der Waals surface area contributed by atoms with Gasteiger partial charge in [0.1, 0.15) is 17.4 Å². The second kappa shape index (κ2) is 10.9. The molecule has 5 rings (SSSR count). The Bertz CT molecular complexity index is 1620. The Morgan fingerprint density at radius 2 is 2.00 bits per heavy atom. The van der Waals surface area contributed by atoms with Gasteiger partial charge in [-0.2, -0.15) is 9.97 Å². The van der Waals surface area contributed by atoms with Gasteiger partial charge < -0.3 is 19.8 Å². The minimum absolute atomic E-state index is 0.0476. The lowest BCUT2D eigenvalue weighted by molar-refractivity contribution is 0.0446. The van der Waals surface area contributed by atoms with Gasteiger partial charge in [0, 0.05) is 30.3 Å². The van der Waals surface area contributed by atoms with Gasteiger partial charge in [-0.1, -0.05) is 19.1 Å². The van der Waals surface area contributed by atoms with Gasteiger partial charge in [-0.3, -0.25) is 4.99 Å². The van der Waals surface area contributed by atoms with E-state index in [4.69, 9.17) is 19.7 Å². The molecule has 2 aliphatic rings. The molecule has 2 N–H and O–H groups in total. The summed E-state index contributed by atoms with van der Waals surface area (Å²) in [4.78, 5) is 16.9. The van der Waals surface area contributed by atoms with Crippen LogP contribution in [-0.2, 0) is 6.42 Å². The van der Waals surface area contributed by atoms with Crippen molar-refractivity contribution in [3.63, 3.8) is 0 Å². The number of benzene rings is 2. The molecule has 8 heteroatoms. The molecular formula is C33H39FN4O3. The van der Waals surface area contributed by atoms with Crippen molar-refractivity contribution in [3.8, 4) is 11.8 Å². The molecule has 1 atom stereocenters. The number of halogens is 1. The number of aromatic hydroxyl groups is 1. The average molecular weight is 559 g/mol. The van der Waals surface area contributed by atoms with Gasteiger partial charge in [-0.25, -0.2) is 4.39 Å². The van der Waals surface area contributed by atoms with E-state index in [1.165, 1.54) is 6.07 Å². The first kappa shape index (κ1) is 28.7. The van der Waals surface area contributed by atoms with Crippen molar-refractivity contribution in [2.24, 2.45) is 4.99 Å². The Balaban J connectivity index is 1.92. The Morgan fingerprint density at radius 3 is 2.63 bits per heavy atom. The first-order valence-electron chi connectivity index (χ1n) is 14.3. The molecule has 216 valence electrons. The van der Waals surface area contributed by atoms with E-state index in [1.807, 2.05) is 47.6 Å². The molecule has 1 aliphatic heterocycles. The van der Waals surface area contributed by atoms with Crippen LogP contribution >= 0.6 is 0 Å². The molecule has 1 saturated heterocycles. The number of aromatic nitrogens is 2. The summed E-state index contributed by atoms with van der Waals surface area (Å²) in [7, 11) is 1.54. The van der Waals surface area contributed by atoms with E-state index in [-0.39, 0.29) is 23.6 Å². The van der Waals surface area contributed by atoms with Crippen molar-refractivity contribution in [1.82, 2.24) is 9.97 Å². The lowest BCUT2D eigenvalue weighted by Crippen LogP contribution is -2.47. The zero-order chi connectivity index (χ0) is 29.6. The third-order valence-corrected chi connectivity index (χ3v) is 7.97. The van der Waals surface area contributed by atoms with Crippen LogP contribution < -0.4 is 9.64 Å². The average Bonchev–Trinajstić information content (AvgIpc) is 2.92. The normalized spacial score (nSPS) is 21.4. The third-order valence-electron chi connectivity index (χ3n) is 7.97. The number of aryl methyl sites for hydroxylation is 1. The minimum Gasteiger partial charge on any atom is -0.508 e. The van der Waals surface area contributed by atoms with Crippen LogP contribution in [0.3, 0.4) is 0 Å². The highest BCUT2D eigenvalue weighted by Gasteiger charge is 2.37. The first-order valence-corrected chi connectivity index (χ1v) is 14.3. The molecule has 1 unspecified atom stereocenters. The highest BCUT2D eigenvalue weighted by Crippen LogP contribution is 2.47. The number of methoxy groups -OCH3 is 1. The predicted molar refractivity (Wildman–Crippen MR) is 164 cm³/mol. The molecule has 7 nitrogen and oxygen atoms in total. The summed E-state index contributed by atoms with van der Waals surface area (Å²) in [5.74, 6) is 0.504. The van der Waals surface area contributed by atoms with Crippen molar-refractivity contribution in [1.29, 1.82) is 0 Å². The van der Waals surface area contributed by atoms with Crippen molar-refractivity contribution < 1.29 is 19.3 Å². The molecule has 1 fully saturated rings. The number of fused-ring (bicyclic) bond motifs is 2. The van der Waals surface area contributed by atoms with E-state index in [0.29, 0.717) is 42.0 Å². The zero-order valence-corrected chi connectivity index (χ0v) is 25.0. The number of anilines is 1. The number of hydrogen-bond donors (Lipinski definition) is 2. The molecule has 0 amide bonds. The van der Waals surface area contributed by atoms with Crippen LogP contribution in [0.1, 0.15) is 76.8 Å². The van der Waals surface area contributed by atoms with Crippen LogP contribution in [0.25, 0.3) is 27.5 Å². The molecular weight excluding hydrogens is 519 g/mol. The van der Waals surface area contributed by atoms with E-state index in [0.717, 1.165) is 51.7 Å². The largest absolute Gasteiger partial charge is 0.508 e. The number of allylic oxidation sites excluding steroid dienone is 4. The molecule has 1 aliphatic carbocycles. The van der Waals surface area contributed by atoms with Crippen molar-refractivity contribution in [2.75, 3.05) is 25.1 Å². The van der Waals surface area contributed by atoms with Crippen LogP contribution in [0, 0.1) is 5.82 Å². The fourth-order valence-electron chi connectivity index (χ4n) is 6.26. The van der Waals surface area contributed by atoms with Gasteiger partial charge >= 0.3 is 6.01 Å². The number of rotatable bonds is 5. The monoisotopic (exact) mass is 558 g/mol. The lowest BCUT2D eigenvalue weighted by Gasteiger charge is -2.39. The Morgan fingerprint density at radius 1 is 1.24 bits per heavy atom. The second-order valence-electron chi connectivity index (χ2n) is 11.5. The highest BCUT2D eigenvalue weighted by atomic mass is 19.1. The summed E-state index contributed by atoms with van der Waals surface area (Å²) in [5, 5.41) is 23.3. The van der Waals surface area contributed by atoms with Crippen molar-refractivity contribution in [2.45, 2.75) is 72.4 Å². The smallest absolute Gasteiger partial charge is 0.318 e. The van der Waals surface area contributed by atoms with Crippen molar-refractivity contribution >= 4 is 39.0 Å². The van der Waals surface area contributed by atoms with E-state index in [9.17, 15) is 10.2 Å². The second-order valence-corrected chi connectivity index (χ2v) is 11.5. The fraction of sp³-hybridized carbons (Fsp3) is 0.424. The maximum absolute atomic E-state index is 15.2. The SMILES string of the molecule is C/C=C1\C(=NC(C)C)C(c2cc(O)cc3ccc(F)c(CC)c23)=C(C)c2nc(OC)nc(N3CCCC(C)(O)C3)c21. The number of phenols is 1. The lowest BCUT2D eigenvalue weighted by atomic mass is 9.78. The Kier molecular flexibility index (Phi) is 7.64. The van der Waals surface area contributed by atoms with Gasteiger partial charge in [0.05, 0.1) is 29.7 Å². The standard InChI is InChI=1S/C33H39FN4O3/c1-8-22-25(34)12-11-20-15-21(39)16-24(27(20)22)26-19(5)29-28(23(9-2)30(26)35-18(3)4)31(37-32(36-29)41-7)38-14-10-13-33(6,40)17-38/h9,11-12,15-16,18,39-40H,8,10,13-14,17H2,1-7H3/b23-9-,35-30?. The summed E-state index contributed by atoms with van der Waals surface area (Å²) in [6.07, 6.45) is 4.05. The molecule has 0 spiro atoms. The molecule has 41 heavy (non-hydrogen) atoms. The van der Waals surface area contributed by atoms with Crippen LogP contribution in [0.5, 0.6) is 11.8 Å². The van der Waals surface area contributed by atoms with Gasteiger partial charge in [-0.15, -0.1) is 0 Å². The topological polar surface area (TPSA) is 91.1 Å². The van der Waals surface area contributed by atoms with Crippen molar-refractivity contribution in [3.05, 3.63) is 58.5 Å².